The molecule has 1 heterocycles. The van der Waals surface area contributed by atoms with Gasteiger partial charge in [-0.2, -0.15) is 0 Å². The molecule has 0 saturated carbocycles. The van der Waals surface area contributed by atoms with Crippen LogP contribution in [-0.4, -0.2) is 18.0 Å². The Balaban J connectivity index is 1.68. The zero-order valence-electron chi connectivity index (χ0n) is 13.3. The number of anilines is 1. The van der Waals surface area contributed by atoms with Gasteiger partial charge in [0.25, 0.3) is 0 Å². The van der Waals surface area contributed by atoms with Gasteiger partial charge in [-0.25, -0.2) is 9.37 Å². The zero-order valence-corrected chi connectivity index (χ0v) is 15.7. The number of hydrogen-bond donors (Lipinski definition) is 1. The third-order valence-electron chi connectivity index (χ3n) is 3.48. The first kappa shape index (κ1) is 17.6. The van der Waals surface area contributed by atoms with Crippen molar-refractivity contribution in [3.8, 4) is 17.0 Å². The van der Waals surface area contributed by atoms with Crippen LogP contribution in [0, 0.1) is 5.82 Å². The molecular weight excluding hydrogens is 407 g/mol. The van der Waals surface area contributed by atoms with Gasteiger partial charge in [0.2, 0.25) is 5.91 Å². The molecule has 3 aromatic rings. The molecule has 0 aliphatic heterocycles. The van der Waals surface area contributed by atoms with Gasteiger partial charge in [-0.3, -0.25) is 4.79 Å². The maximum Gasteiger partial charge on any atom is 0.230 e. The summed E-state index contributed by atoms with van der Waals surface area (Å²) < 4.78 is 19.7. The Labute approximate surface area is 156 Å². The smallest absolute Gasteiger partial charge is 0.230 e. The first-order valence-corrected chi connectivity index (χ1v) is 9.06. The summed E-state index contributed by atoms with van der Waals surface area (Å²) in [5.74, 6) is -0.417. The second kappa shape index (κ2) is 7.76. The molecule has 0 saturated heterocycles. The molecule has 0 aliphatic rings. The first-order chi connectivity index (χ1) is 12.0. The number of hydrogen-bond acceptors (Lipinski definition) is 4. The number of halogens is 2. The van der Waals surface area contributed by atoms with Gasteiger partial charge in [-0.15, -0.1) is 11.3 Å². The highest BCUT2D eigenvalue weighted by Gasteiger charge is 2.11. The first-order valence-electron chi connectivity index (χ1n) is 7.39. The Kier molecular flexibility index (Phi) is 5.45. The average Bonchev–Trinajstić information content (AvgIpc) is 3.05. The molecule has 0 fully saturated rings. The molecule has 4 nitrogen and oxygen atoms in total. The van der Waals surface area contributed by atoms with Gasteiger partial charge >= 0.3 is 0 Å². The van der Waals surface area contributed by atoms with Crippen molar-refractivity contribution >= 4 is 38.3 Å². The van der Waals surface area contributed by atoms with Crippen LogP contribution in [0.3, 0.4) is 0 Å². The number of carbonyl (C=O) groups excluding carboxylic acids is 1. The number of benzene rings is 2. The van der Waals surface area contributed by atoms with Crippen LogP contribution in [0.5, 0.6) is 5.75 Å². The molecule has 1 aromatic heterocycles. The number of amides is 1. The standard InChI is InChI=1S/C18H14BrFN2O2S/c1-24-16-7-4-12(9-14(16)20)15-10-25-18(21-15)22-17(23)8-11-2-5-13(19)6-3-11/h2-7,9-10H,8H2,1H3,(H,21,22,23). The number of nitrogens with zero attached hydrogens (tertiary/aromatic N) is 1. The Bertz CT molecular complexity index is 896. The molecule has 0 aliphatic carbocycles. The normalized spacial score (nSPS) is 10.5. The number of ether oxygens (including phenoxy) is 1. The van der Waals surface area contributed by atoms with E-state index in [1.165, 1.54) is 24.5 Å². The predicted octanol–water partition coefficient (Wildman–Crippen LogP) is 4.90. The maximum atomic E-state index is 13.8. The Hall–Kier alpha value is -2.25. The molecular formula is C18H14BrFN2O2S. The molecule has 0 radical (unpaired) electrons. The van der Waals surface area contributed by atoms with Crippen molar-refractivity contribution in [1.82, 2.24) is 4.98 Å². The molecule has 7 heteroatoms. The Morgan fingerprint density at radius 1 is 1.28 bits per heavy atom. The molecule has 128 valence electrons. The predicted molar refractivity (Wildman–Crippen MR) is 101 cm³/mol. The number of thiazole rings is 1. The fourth-order valence-electron chi connectivity index (χ4n) is 2.24. The Morgan fingerprint density at radius 2 is 2.04 bits per heavy atom. The number of nitrogens with one attached hydrogen (secondary N) is 1. The zero-order chi connectivity index (χ0) is 17.8. The van der Waals surface area contributed by atoms with Crippen molar-refractivity contribution in [3.63, 3.8) is 0 Å². The van der Waals surface area contributed by atoms with E-state index < -0.39 is 5.82 Å². The summed E-state index contributed by atoms with van der Waals surface area (Å²) in [5.41, 5.74) is 2.14. The third-order valence-corrected chi connectivity index (χ3v) is 4.76. The number of methoxy groups -OCH3 is 1. The van der Waals surface area contributed by atoms with Gasteiger partial charge in [-0.05, 0) is 35.9 Å². The summed E-state index contributed by atoms with van der Waals surface area (Å²) in [7, 11) is 1.42. The lowest BCUT2D eigenvalue weighted by Crippen LogP contribution is -2.14. The molecule has 0 bridgehead atoms. The van der Waals surface area contributed by atoms with Crippen molar-refractivity contribution in [2.75, 3.05) is 12.4 Å². The van der Waals surface area contributed by atoms with Gasteiger partial charge < -0.3 is 10.1 Å². The second-order valence-electron chi connectivity index (χ2n) is 5.24. The van der Waals surface area contributed by atoms with Crippen LogP contribution in [0.2, 0.25) is 0 Å². The summed E-state index contributed by atoms with van der Waals surface area (Å²) in [4.78, 5) is 16.5. The van der Waals surface area contributed by atoms with Crippen LogP contribution in [0.25, 0.3) is 11.3 Å². The van der Waals surface area contributed by atoms with E-state index in [1.54, 1.807) is 17.5 Å². The Morgan fingerprint density at radius 3 is 2.72 bits per heavy atom. The van der Waals surface area contributed by atoms with E-state index in [4.69, 9.17) is 4.74 Å². The highest BCUT2D eigenvalue weighted by atomic mass is 79.9. The molecule has 1 amide bonds. The largest absolute Gasteiger partial charge is 0.494 e. The third kappa shape index (κ3) is 4.43. The van der Waals surface area contributed by atoms with Crippen molar-refractivity contribution in [3.05, 3.63) is 63.7 Å². The van der Waals surface area contributed by atoms with E-state index in [9.17, 15) is 9.18 Å². The minimum atomic E-state index is -0.450. The summed E-state index contributed by atoms with van der Waals surface area (Å²) in [5, 5.41) is 5.02. The minimum Gasteiger partial charge on any atom is -0.494 e. The molecule has 2 aromatic carbocycles. The summed E-state index contributed by atoms with van der Waals surface area (Å²) >= 11 is 4.66. The topological polar surface area (TPSA) is 51.2 Å². The molecule has 0 spiro atoms. The molecule has 0 atom stereocenters. The van der Waals surface area contributed by atoms with Gasteiger partial charge in [0.05, 0.1) is 19.2 Å². The number of carbonyl (C=O) groups is 1. The average molecular weight is 421 g/mol. The maximum absolute atomic E-state index is 13.8. The van der Waals surface area contributed by atoms with Crippen LogP contribution in [0.15, 0.2) is 52.3 Å². The molecule has 0 unspecified atom stereocenters. The lowest BCUT2D eigenvalue weighted by atomic mass is 10.1. The number of aromatic nitrogens is 1. The van der Waals surface area contributed by atoms with Crippen LogP contribution >= 0.6 is 27.3 Å². The van der Waals surface area contributed by atoms with Crippen molar-refractivity contribution in [2.45, 2.75) is 6.42 Å². The SMILES string of the molecule is COc1ccc(-c2csc(NC(=O)Cc3ccc(Br)cc3)n2)cc1F. The number of rotatable bonds is 5. The van der Waals surface area contributed by atoms with Crippen LogP contribution in [0.4, 0.5) is 9.52 Å². The fraction of sp³-hybridized carbons (Fsp3) is 0.111. The monoisotopic (exact) mass is 420 g/mol. The van der Waals surface area contributed by atoms with Crippen LogP contribution < -0.4 is 10.1 Å². The van der Waals surface area contributed by atoms with Crippen molar-refractivity contribution < 1.29 is 13.9 Å². The summed E-state index contributed by atoms with van der Waals surface area (Å²) in [6.07, 6.45) is 0.263. The van der Waals surface area contributed by atoms with E-state index in [0.717, 1.165) is 10.0 Å². The summed E-state index contributed by atoms with van der Waals surface area (Å²) in [6.45, 7) is 0. The molecule has 25 heavy (non-hydrogen) atoms. The molecule has 1 N–H and O–H groups in total. The minimum absolute atomic E-state index is 0.149. The van der Waals surface area contributed by atoms with E-state index >= 15 is 0 Å². The van der Waals surface area contributed by atoms with E-state index in [2.05, 4.69) is 26.2 Å². The van der Waals surface area contributed by atoms with Gasteiger partial charge in [-0.1, -0.05) is 28.1 Å². The fourth-order valence-corrected chi connectivity index (χ4v) is 3.24. The van der Waals surface area contributed by atoms with Crippen LogP contribution in [0.1, 0.15) is 5.56 Å². The quantitative estimate of drug-likeness (QED) is 0.638. The lowest BCUT2D eigenvalue weighted by molar-refractivity contribution is -0.115. The second-order valence-corrected chi connectivity index (χ2v) is 7.01. The van der Waals surface area contributed by atoms with Crippen molar-refractivity contribution in [1.29, 1.82) is 0 Å². The highest BCUT2D eigenvalue weighted by Crippen LogP contribution is 2.28. The van der Waals surface area contributed by atoms with Gasteiger partial charge in [0, 0.05) is 15.4 Å². The highest BCUT2D eigenvalue weighted by molar-refractivity contribution is 9.10. The van der Waals surface area contributed by atoms with E-state index in [0.29, 0.717) is 16.4 Å². The van der Waals surface area contributed by atoms with E-state index in [1.807, 2.05) is 24.3 Å². The van der Waals surface area contributed by atoms with E-state index in [-0.39, 0.29) is 18.1 Å². The van der Waals surface area contributed by atoms with Crippen LogP contribution in [-0.2, 0) is 11.2 Å². The van der Waals surface area contributed by atoms with Gasteiger partial charge in [0.1, 0.15) is 0 Å². The lowest BCUT2D eigenvalue weighted by Gasteiger charge is -2.03. The molecule has 3 rings (SSSR count). The van der Waals surface area contributed by atoms with Gasteiger partial charge in [0.15, 0.2) is 16.7 Å². The van der Waals surface area contributed by atoms with Crippen molar-refractivity contribution in [2.24, 2.45) is 0 Å². The summed E-state index contributed by atoms with van der Waals surface area (Å²) in [6, 6.07) is 12.2.